The molecule has 2 aromatic carbocycles. The first-order valence-electron chi connectivity index (χ1n) is 7.25. The maximum atomic E-state index is 12.6. The summed E-state index contributed by atoms with van der Waals surface area (Å²) in [6.07, 6.45) is -1.22. The molecule has 0 aliphatic rings. The molecule has 0 aliphatic carbocycles. The lowest BCUT2D eigenvalue weighted by atomic mass is 10.2. The molecule has 0 atom stereocenters. The molecule has 0 unspecified atom stereocenters. The zero-order valence-electron chi connectivity index (χ0n) is 13.2. The second kappa shape index (κ2) is 7.89. The van der Waals surface area contributed by atoms with Gasteiger partial charge in [0.2, 0.25) is 9.84 Å². The van der Waals surface area contributed by atoms with E-state index in [0.29, 0.717) is 0 Å². The normalized spacial score (nSPS) is 12.8. The number of sulfone groups is 1. The van der Waals surface area contributed by atoms with Crippen molar-refractivity contribution in [1.82, 2.24) is 0 Å². The fraction of sp³-hybridized carbons (Fsp3) is 0.0556. The van der Waals surface area contributed by atoms with Crippen LogP contribution >= 0.6 is 0 Å². The Balaban J connectivity index is 2.33. The Morgan fingerprint density at radius 3 is 2.19 bits per heavy atom. The molecule has 4 nitrogen and oxygen atoms in total. The molecular weight excluding hydrogens is 365 g/mol. The van der Waals surface area contributed by atoms with Crippen molar-refractivity contribution in [2.45, 2.75) is 11.1 Å². The molecule has 1 N–H and O–H groups in total. The first-order valence-corrected chi connectivity index (χ1v) is 8.74. The van der Waals surface area contributed by atoms with Crippen LogP contribution in [0.3, 0.4) is 0 Å². The van der Waals surface area contributed by atoms with Gasteiger partial charge in [-0.15, -0.1) is 0 Å². The van der Waals surface area contributed by atoms with Crippen molar-refractivity contribution in [2.75, 3.05) is 5.32 Å². The van der Waals surface area contributed by atoms with Gasteiger partial charge in [0.15, 0.2) is 0 Å². The van der Waals surface area contributed by atoms with Gasteiger partial charge in [-0.25, -0.2) is 8.42 Å². The van der Waals surface area contributed by atoms with Gasteiger partial charge in [-0.05, 0) is 42.5 Å². The fourth-order valence-electron chi connectivity index (χ4n) is 1.98. The molecule has 2 rings (SSSR count). The third-order valence-corrected chi connectivity index (χ3v) is 5.05. The number of halogens is 3. The van der Waals surface area contributed by atoms with Gasteiger partial charge in [0.1, 0.15) is 0 Å². The van der Waals surface area contributed by atoms with Crippen LogP contribution in [0.5, 0.6) is 0 Å². The van der Waals surface area contributed by atoms with Gasteiger partial charge in [-0.1, -0.05) is 18.2 Å². The zero-order valence-corrected chi connectivity index (χ0v) is 14.1. The highest BCUT2D eigenvalue weighted by Gasteiger charge is 2.29. The van der Waals surface area contributed by atoms with E-state index >= 15 is 0 Å². The van der Waals surface area contributed by atoms with Crippen molar-refractivity contribution in [3.05, 3.63) is 83.4 Å². The quantitative estimate of drug-likeness (QED) is 0.614. The summed E-state index contributed by atoms with van der Waals surface area (Å²) in [6, 6.07) is 13.4. The predicted molar refractivity (Wildman–Crippen MR) is 91.5 cm³/mol. The van der Waals surface area contributed by atoms with Crippen LogP contribution in [0.15, 0.2) is 82.7 Å². The van der Waals surface area contributed by atoms with E-state index in [1.807, 2.05) is 0 Å². The van der Waals surface area contributed by atoms with Gasteiger partial charge in [0.05, 0.1) is 21.4 Å². The highest BCUT2D eigenvalue weighted by atomic mass is 32.2. The number of nitrogens with one attached hydrogen (secondary N) is 1. The summed E-state index contributed by atoms with van der Waals surface area (Å²) in [4.78, 5) is -0.173. The minimum Gasteiger partial charge on any atom is -0.360 e. The Kier molecular flexibility index (Phi) is 5.85. The Morgan fingerprint density at radius 1 is 1.04 bits per heavy atom. The van der Waals surface area contributed by atoms with Crippen LogP contribution in [0.2, 0.25) is 0 Å². The highest BCUT2D eigenvalue weighted by Crippen LogP contribution is 2.30. The SMILES string of the molecule is N#C/C=C\C(=C/Nc1ccc(C(F)(F)F)cc1)S(=O)(=O)c1ccccc1. The average molecular weight is 378 g/mol. The minimum absolute atomic E-state index is 0.0306. The maximum absolute atomic E-state index is 12.6. The maximum Gasteiger partial charge on any atom is 0.416 e. The van der Waals surface area contributed by atoms with Crippen LogP contribution in [0.4, 0.5) is 18.9 Å². The summed E-state index contributed by atoms with van der Waals surface area (Å²) in [6.45, 7) is 0. The molecule has 0 heterocycles. The van der Waals surface area contributed by atoms with Gasteiger partial charge < -0.3 is 5.32 Å². The van der Waals surface area contributed by atoms with Crippen LogP contribution < -0.4 is 5.32 Å². The number of hydrogen-bond acceptors (Lipinski definition) is 4. The number of benzene rings is 2. The van der Waals surface area contributed by atoms with Gasteiger partial charge in [-0.2, -0.15) is 18.4 Å². The lowest BCUT2D eigenvalue weighted by molar-refractivity contribution is -0.137. The van der Waals surface area contributed by atoms with Crippen LogP contribution in [-0.4, -0.2) is 8.42 Å². The van der Waals surface area contributed by atoms with E-state index < -0.39 is 21.6 Å². The van der Waals surface area contributed by atoms with Crippen molar-refractivity contribution in [3.63, 3.8) is 0 Å². The third-order valence-electron chi connectivity index (χ3n) is 3.28. The van der Waals surface area contributed by atoms with Crippen molar-refractivity contribution >= 4 is 15.5 Å². The second-order valence-corrected chi connectivity index (χ2v) is 6.99. The molecule has 8 heteroatoms. The highest BCUT2D eigenvalue weighted by molar-refractivity contribution is 7.95. The summed E-state index contributed by atoms with van der Waals surface area (Å²) < 4.78 is 63.0. The first kappa shape index (κ1) is 19.3. The molecule has 2 aromatic rings. The lowest BCUT2D eigenvalue weighted by Gasteiger charge is -2.09. The van der Waals surface area contributed by atoms with E-state index in [-0.39, 0.29) is 15.5 Å². The van der Waals surface area contributed by atoms with Crippen molar-refractivity contribution in [1.29, 1.82) is 5.26 Å². The van der Waals surface area contributed by atoms with Crippen molar-refractivity contribution < 1.29 is 21.6 Å². The Hall–Kier alpha value is -3.05. The molecule has 0 amide bonds. The van der Waals surface area contributed by atoms with E-state index in [1.54, 1.807) is 24.3 Å². The molecular formula is C18H13F3N2O2S. The number of rotatable bonds is 5. The minimum atomic E-state index is -4.45. The van der Waals surface area contributed by atoms with Crippen molar-refractivity contribution in [3.8, 4) is 6.07 Å². The predicted octanol–water partition coefficient (Wildman–Crippen LogP) is 4.51. The van der Waals surface area contributed by atoms with E-state index in [9.17, 15) is 21.6 Å². The Bertz CT molecular complexity index is 956. The summed E-state index contributed by atoms with van der Waals surface area (Å²) >= 11 is 0. The van der Waals surface area contributed by atoms with Crippen LogP contribution in [0.1, 0.15) is 5.56 Å². The third kappa shape index (κ3) is 4.74. The molecule has 0 fully saturated rings. The molecule has 134 valence electrons. The van der Waals surface area contributed by atoms with Crippen LogP contribution in [0, 0.1) is 11.3 Å². The topological polar surface area (TPSA) is 70.0 Å². The molecule has 0 radical (unpaired) electrons. The van der Waals surface area contributed by atoms with E-state index in [0.717, 1.165) is 30.5 Å². The molecule has 0 bridgehead atoms. The second-order valence-electron chi connectivity index (χ2n) is 5.05. The van der Waals surface area contributed by atoms with Gasteiger partial charge in [0, 0.05) is 18.0 Å². The molecule has 26 heavy (non-hydrogen) atoms. The number of allylic oxidation sites excluding steroid dienone is 2. The van der Waals surface area contributed by atoms with Gasteiger partial charge >= 0.3 is 6.18 Å². The molecule has 0 saturated heterocycles. The van der Waals surface area contributed by atoms with E-state index in [4.69, 9.17) is 5.26 Å². The molecule has 0 aliphatic heterocycles. The zero-order chi connectivity index (χ0) is 19.2. The molecule has 0 spiro atoms. The fourth-order valence-corrected chi connectivity index (χ4v) is 3.23. The number of nitrogens with zero attached hydrogens (tertiary/aromatic N) is 1. The number of nitriles is 1. The van der Waals surface area contributed by atoms with Crippen LogP contribution in [0.25, 0.3) is 0 Å². The summed E-state index contributed by atoms with van der Waals surface area (Å²) in [5.74, 6) is 0. The smallest absolute Gasteiger partial charge is 0.360 e. The Morgan fingerprint density at radius 2 is 1.65 bits per heavy atom. The lowest BCUT2D eigenvalue weighted by Crippen LogP contribution is -2.06. The molecule has 0 saturated carbocycles. The Labute approximate surface area is 148 Å². The van der Waals surface area contributed by atoms with E-state index in [2.05, 4.69) is 5.32 Å². The number of hydrogen-bond donors (Lipinski definition) is 1. The van der Waals surface area contributed by atoms with Gasteiger partial charge in [0.25, 0.3) is 0 Å². The van der Waals surface area contributed by atoms with Crippen LogP contribution in [-0.2, 0) is 16.0 Å². The first-order chi connectivity index (χ1) is 12.2. The summed E-state index contributed by atoms with van der Waals surface area (Å²) in [7, 11) is -3.89. The number of alkyl halides is 3. The van der Waals surface area contributed by atoms with Crippen molar-refractivity contribution in [2.24, 2.45) is 0 Å². The largest absolute Gasteiger partial charge is 0.416 e. The van der Waals surface area contributed by atoms with E-state index in [1.165, 1.54) is 24.3 Å². The van der Waals surface area contributed by atoms with Gasteiger partial charge in [-0.3, -0.25) is 0 Å². The summed E-state index contributed by atoms with van der Waals surface area (Å²) in [5.41, 5.74) is -0.544. The standard InChI is InChI=1S/C18H13F3N2O2S/c19-18(20,21)14-8-10-15(11-9-14)23-13-17(7-4-12-22)26(24,25)16-5-2-1-3-6-16/h1-11,13,23H/b7-4-,17-13+. The average Bonchev–Trinajstić information content (AvgIpc) is 2.62. The summed E-state index contributed by atoms with van der Waals surface area (Å²) in [5, 5.41) is 11.3. The number of anilines is 1. The molecule has 0 aromatic heterocycles. The monoisotopic (exact) mass is 378 g/mol.